The molecule has 0 spiro atoms. The number of carbonyl (C=O) groups excluding carboxylic acids is 1. The van der Waals surface area contributed by atoms with Crippen molar-refractivity contribution in [2.45, 2.75) is 31.8 Å². The summed E-state index contributed by atoms with van der Waals surface area (Å²) in [6.07, 6.45) is 3.73. The van der Waals surface area contributed by atoms with Crippen molar-refractivity contribution in [1.82, 2.24) is 24.8 Å². The van der Waals surface area contributed by atoms with Gasteiger partial charge in [-0.05, 0) is 25.0 Å². The summed E-state index contributed by atoms with van der Waals surface area (Å²) in [4.78, 5) is 18.7. The first-order chi connectivity index (χ1) is 11.7. The lowest BCUT2D eigenvalue weighted by atomic mass is 10.2. The molecule has 0 N–H and O–H groups in total. The minimum absolute atomic E-state index is 0.133. The number of carbonyl (C=O) groups is 1. The summed E-state index contributed by atoms with van der Waals surface area (Å²) >= 11 is 0. The Kier molecular flexibility index (Phi) is 2.70. The highest BCUT2D eigenvalue weighted by atomic mass is 16.5. The summed E-state index contributed by atoms with van der Waals surface area (Å²) in [6, 6.07) is 3.38. The molecule has 24 heavy (non-hydrogen) atoms. The molecule has 5 rings (SSSR count). The SMILES string of the molecule is Cn1nc(-c2nc(C3CC3)no2)c2c1CN(C(=O)c1ccco1)C2. The Bertz CT molecular complexity index is 920. The van der Waals surface area contributed by atoms with E-state index in [1.165, 1.54) is 6.26 Å². The number of rotatable bonds is 3. The van der Waals surface area contributed by atoms with Crippen LogP contribution in [0.5, 0.6) is 0 Å². The number of aryl methyl sites for hydroxylation is 1. The minimum Gasteiger partial charge on any atom is -0.459 e. The predicted molar refractivity (Wildman–Crippen MR) is 80.8 cm³/mol. The predicted octanol–water partition coefficient (Wildman–Crippen LogP) is 2.10. The van der Waals surface area contributed by atoms with Crippen LogP contribution >= 0.6 is 0 Å². The lowest BCUT2D eigenvalue weighted by molar-refractivity contribution is 0.0716. The number of fused-ring (bicyclic) bond motifs is 1. The highest BCUT2D eigenvalue weighted by Crippen LogP contribution is 2.39. The van der Waals surface area contributed by atoms with Crippen molar-refractivity contribution in [2.24, 2.45) is 7.05 Å². The zero-order valence-corrected chi connectivity index (χ0v) is 13.1. The Morgan fingerprint density at radius 3 is 2.96 bits per heavy atom. The monoisotopic (exact) mass is 325 g/mol. The molecule has 0 atom stereocenters. The fourth-order valence-corrected chi connectivity index (χ4v) is 3.10. The van der Waals surface area contributed by atoms with Crippen LogP contribution in [0.15, 0.2) is 27.3 Å². The molecule has 3 aromatic heterocycles. The molecule has 4 heterocycles. The van der Waals surface area contributed by atoms with E-state index in [0.717, 1.165) is 29.9 Å². The zero-order chi connectivity index (χ0) is 16.3. The molecule has 2 aliphatic rings. The van der Waals surface area contributed by atoms with Gasteiger partial charge in [-0.3, -0.25) is 9.48 Å². The minimum atomic E-state index is -0.133. The van der Waals surface area contributed by atoms with Gasteiger partial charge in [0.1, 0.15) is 0 Å². The van der Waals surface area contributed by atoms with Gasteiger partial charge in [0.25, 0.3) is 11.8 Å². The van der Waals surface area contributed by atoms with Gasteiger partial charge in [-0.15, -0.1) is 0 Å². The van der Waals surface area contributed by atoms with Gasteiger partial charge in [-0.1, -0.05) is 5.16 Å². The fraction of sp³-hybridized carbons (Fsp3) is 0.375. The first-order valence-electron chi connectivity index (χ1n) is 7.92. The van der Waals surface area contributed by atoms with Crippen molar-refractivity contribution in [3.05, 3.63) is 41.2 Å². The number of nitrogens with zero attached hydrogens (tertiary/aromatic N) is 5. The Hall–Kier alpha value is -2.90. The van der Waals surface area contributed by atoms with Gasteiger partial charge in [-0.25, -0.2) is 0 Å². The summed E-state index contributed by atoms with van der Waals surface area (Å²) in [5, 5.41) is 8.56. The second-order valence-corrected chi connectivity index (χ2v) is 6.27. The van der Waals surface area contributed by atoms with Gasteiger partial charge < -0.3 is 13.8 Å². The molecule has 0 aromatic carbocycles. The van der Waals surface area contributed by atoms with E-state index in [-0.39, 0.29) is 5.91 Å². The quantitative estimate of drug-likeness (QED) is 0.732. The van der Waals surface area contributed by atoms with E-state index in [4.69, 9.17) is 8.94 Å². The Morgan fingerprint density at radius 2 is 2.21 bits per heavy atom. The van der Waals surface area contributed by atoms with E-state index in [1.54, 1.807) is 21.7 Å². The second kappa shape index (κ2) is 4.80. The van der Waals surface area contributed by atoms with Gasteiger partial charge in [0.2, 0.25) is 0 Å². The Balaban J connectivity index is 1.47. The maximum Gasteiger partial charge on any atom is 0.290 e. The van der Waals surface area contributed by atoms with Crippen molar-refractivity contribution in [3.63, 3.8) is 0 Å². The van der Waals surface area contributed by atoms with Crippen LogP contribution < -0.4 is 0 Å². The van der Waals surface area contributed by atoms with Crippen LogP contribution in [0, 0.1) is 0 Å². The molecule has 1 saturated carbocycles. The molecule has 122 valence electrons. The van der Waals surface area contributed by atoms with Crippen molar-refractivity contribution in [2.75, 3.05) is 0 Å². The number of furan rings is 1. The highest BCUT2D eigenvalue weighted by molar-refractivity contribution is 5.92. The molecular formula is C16H15N5O3. The van der Waals surface area contributed by atoms with Crippen molar-refractivity contribution < 1.29 is 13.7 Å². The third-order valence-electron chi connectivity index (χ3n) is 4.57. The van der Waals surface area contributed by atoms with Crippen molar-refractivity contribution in [1.29, 1.82) is 0 Å². The number of amides is 1. The average molecular weight is 325 g/mol. The molecule has 1 amide bonds. The molecule has 0 radical (unpaired) electrons. The first kappa shape index (κ1) is 13.5. The molecule has 0 unspecified atom stereocenters. The lowest BCUT2D eigenvalue weighted by Crippen LogP contribution is -2.25. The first-order valence-corrected chi connectivity index (χ1v) is 7.92. The van der Waals surface area contributed by atoms with Gasteiger partial charge in [0.05, 0.1) is 25.0 Å². The smallest absolute Gasteiger partial charge is 0.290 e. The summed E-state index contributed by atoms with van der Waals surface area (Å²) < 4.78 is 12.4. The van der Waals surface area contributed by atoms with Crippen LogP contribution in [-0.2, 0) is 20.1 Å². The van der Waals surface area contributed by atoms with Crippen LogP contribution in [0.1, 0.15) is 46.4 Å². The van der Waals surface area contributed by atoms with Crippen LogP contribution in [0.3, 0.4) is 0 Å². The average Bonchev–Trinajstić information content (AvgIpc) is 3.06. The number of hydrogen-bond donors (Lipinski definition) is 0. The van der Waals surface area contributed by atoms with Gasteiger partial charge >= 0.3 is 0 Å². The fourth-order valence-electron chi connectivity index (χ4n) is 3.10. The normalized spacial score (nSPS) is 16.6. The third-order valence-corrected chi connectivity index (χ3v) is 4.57. The molecular weight excluding hydrogens is 310 g/mol. The maximum atomic E-state index is 12.5. The number of aromatic nitrogens is 4. The van der Waals surface area contributed by atoms with Crippen LogP contribution in [0.2, 0.25) is 0 Å². The van der Waals surface area contributed by atoms with Crippen LogP contribution in [-0.4, -0.2) is 30.7 Å². The molecule has 0 bridgehead atoms. The molecule has 1 aliphatic carbocycles. The maximum absolute atomic E-state index is 12.5. The Morgan fingerprint density at radius 1 is 1.33 bits per heavy atom. The van der Waals surface area contributed by atoms with E-state index in [9.17, 15) is 4.79 Å². The molecule has 1 fully saturated rings. The summed E-state index contributed by atoms with van der Waals surface area (Å²) in [5.41, 5.74) is 2.61. The zero-order valence-electron chi connectivity index (χ0n) is 13.1. The van der Waals surface area contributed by atoms with Gasteiger partial charge in [0.15, 0.2) is 17.3 Å². The molecule has 1 aliphatic heterocycles. The Labute approximate surface area is 137 Å². The highest BCUT2D eigenvalue weighted by Gasteiger charge is 2.34. The molecule has 3 aromatic rings. The second-order valence-electron chi connectivity index (χ2n) is 6.27. The third kappa shape index (κ3) is 1.99. The van der Waals surface area contributed by atoms with E-state index in [2.05, 4.69) is 15.2 Å². The van der Waals surface area contributed by atoms with Gasteiger partial charge in [-0.2, -0.15) is 10.1 Å². The molecule has 0 saturated heterocycles. The molecule has 8 nitrogen and oxygen atoms in total. The van der Waals surface area contributed by atoms with E-state index in [0.29, 0.717) is 36.4 Å². The largest absolute Gasteiger partial charge is 0.459 e. The molecule has 8 heteroatoms. The summed E-state index contributed by atoms with van der Waals surface area (Å²) in [6.45, 7) is 0.946. The lowest BCUT2D eigenvalue weighted by Gasteiger charge is -2.14. The van der Waals surface area contributed by atoms with E-state index in [1.807, 2.05) is 7.05 Å². The van der Waals surface area contributed by atoms with Gasteiger partial charge in [0, 0.05) is 18.5 Å². The van der Waals surface area contributed by atoms with Crippen molar-refractivity contribution in [3.8, 4) is 11.6 Å². The van der Waals surface area contributed by atoms with Crippen LogP contribution in [0.25, 0.3) is 11.6 Å². The summed E-state index contributed by atoms with van der Waals surface area (Å²) in [5.74, 6) is 1.82. The number of hydrogen-bond acceptors (Lipinski definition) is 6. The summed E-state index contributed by atoms with van der Waals surface area (Å²) in [7, 11) is 1.86. The topological polar surface area (TPSA) is 90.2 Å². The standard InChI is InChI=1S/C16H15N5O3/c1-20-11-8-21(16(22)12-3-2-6-23-12)7-10(11)13(18-20)15-17-14(19-24-15)9-4-5-9/h2-3,6,9H,4-5,7-8H2,1H3. The van der Waals surface area contributed by atoms with Crippen molar-refractivity contribution >= 4 is 5.91 Å². The van der Waals surface area contributed by atoms with E-state index < -0.39 is 0 Å². The van der Waals surface area contributed by atoms with Crippen LogP contribution in [0.4, 0.5) is 0 Å². The van der Waals surface area contributed by atoms with E-state index >= 15 is 0 Å².